The molecule has 2 rings (SSSR count). The van der Waals surface area contributed by atoms with Crippen LogP contribution in [-0.2, 0) is 16.1 Å². The Hall–Kier alpha value is -1.33. The van der Waals surface area contributed by atoms with Crippen molar-refractivity contribution in [3.63, 3.8) is 0 Å². The standard InChI is InChI=1S/C11H16N2O3/c1-11(7-12-8-11)16-6-10(14)13-4-9-2-3-15-5-9/h2-3,5,12H,4,6-8H2,1H3,(H,13,14). The van der Waals surface area contributed by atoms with Gasteiger partial charge in [0.15, 0.2) is 0 Å². The van der Waals surface area contributed by atoms with Crippen molar-refractivity contribution in [2.45, 2.75) is 19.1 Å². The number of furan rings is 1. The minimum absolute atomic E-state index is 0.102. The second-order valence-electron chi connectivity index (χ2n) is 4.25. The lowest BCUT2D eigenvalue weighted by Crippen LogP contribution is -2.59. The van der Waals surface area contributed by atoms with E-state index in [2.05, 4.69) is 10.6 Å². The van der Waals surface area contributed by atoms with Gasteiger partial charge in [0.2, 0.25) is 5.91 Å². The lowest BCUT2D eigenvalue weighted by molar-refractivity contribution is -0.136. The van der Waals surface area contributed by atoms with E-state index >= 15 is 0 Å². The molecule has 1 amide bonds. The van der Waals surface area contributed by atoms with Gasteiger partial charge < -0.3 is 19.8 Å². The minimum Gasteiger partial charge on any atom is -0.472 e. The molecular formula is C11H16N2O3. The molecule has 1 saturated heterocycles. The number of rotatable bonds is 5. The zero-order chi connectivity index (χ0) is 11.4. The number of ether oxygens (including phenoxy) is 1. The van der Waals surface area contributed by atoms with E-state index in [4.69, 9.17) is 9.15 Å². The first kappa shape index (κ1) is 11.2. The van der Waals surface area contributed by atoms with Gasteiger partial charge in [-0.05, 0) is 13.0 Å². The fourth-order valence-corrected chi connectivity index (χ4v) is 1.46. The van der Waals surface area contributed by atoms with E-state index in [1.807, 2.05) is 13.0 Å². The molecule has 1 aromatic rings. The number of amides is 1. The first-order valence-corrected chi connectivity index (χ1v) is 5.30. The Morgan fingerprint density at radius 2 is 2.50 bits per heavy atom. The third-order valence-electron chi connectivity index (χ3n) is 2.62. The molecule has 2 heterocycles. The smallest absolute Gasteiger partial charge is 0.246 e. The quantitative estimate of drug-likeness (QED) is 0.753. The molecule has 16 heavy (non-hydrogen) atoms. The maximum atomic E-state index is 11.4. The highest BCUT2D eigenvalue weighted by molar-refractivity contribution is 5.77. The van der Waals surface area contributed by atoms with Gasteiger partial charge in [0.25, 0.3) is 0 Å². The Morgan fingerprint density at radius 1 is 1.69 bits per heavy atom. The van der Waals surface area contributed by atoms with Crippen LogP contribution in [0.4, 0.5) is 0 Å². The summed E-state index contributed by atoms with van der Waals surface area (Å²) in [6.45, 7) is 4.20. The maximum Gasteiger partial charge on any atom is 0.246 e. The molecule has 1 aliphatic rings. The fourth-order valence-electron chi connectivity index (χ4n) is 1.46. The molecule has 88 valence electrons. The van der Waals surface area contributed by atoms with Gasteiger partial charge >= 0.3 is 0 Å². The van der Waals surface area contributed by atoms with E-state index in [9.17, 15) is 4.79 Å². The zero-order valence-electron chi connectivity index (χ0n) is 9.29. The van der Waals surface area contributed by atoms with Crippen molar-refractivity contribution in [3.05, 3.63) is 24.2 Å². The van der Waals surface area contributed by atoms with Crippen LogP contribution in [-0.4, -0.2) is 31.2 Å². The predicted molar refractivity (Wildman–Crippen MR) is 57.8 cm³/mol. The number of carbonyl (C=O) groups excluding carboxylic acids is 1. The Bertz CT molecular complexity index is 344. The molecule has 0 bridgehead atoms. The Labute approximate surface area is 94.1 Å². The van der Waals surface area contributed by atoms with Crippen molar-refractivity contribution in [1.29, 1.82) is 0 Å². The minimum atomic E-state index is -0.174. The van der Waals surface area contributed by atoms with Crippen LogP contribution in [0.3, 0.4) is 0 Å². The average molecular weight is 224 g/mol. The van der Waals surface area contributed by atoms with Gasteiger partial charge in [-0.2, -0.15) is 0 Å². The number of hydrogen-bond donors (Lipinski definition) is 2. The molecule has 1 aromatic heterocycles. The summed E-state index contributed by atoms with van der Waals surface area (Å²) in [6, 6.07) is 1.82. The first-order valence-electron chi connectivity index (χ1n) is 5.30. The van der Waals surface area contributed by atoms with E-state index in [1.165, 1.54) is 0 Å². The monoisotopic (exact) mass is 224 g/mol. The molecule has 5 nitrogen and oxygen atoms in total. The van der Waals surface area contributed by atoms with Gasteiger partial charge in [-0.1, -0.05) is 0 Å². The third kappa shape index (κ3) is 2.84. The van der Waals surface area contributed by atoms with Gasteiger partial charge in [0, 0.05) is 25.2 Å². The number of hydrogen-bond acceptors (Lipinski definition) is 4. The Balaban J connectivity index is 1.65. The normalized spacial score (nSPS) is 17.8. The fraction of sp³-hybridized carbons (Fsp3) is 0.545. The number of nitrogens with one attached hydrogen (secondary N) is 2. The molecule has 1 fully saturated rings. The van der Waals surface area contributed by atoms with Gasteiger partial charge in [-0.3, -0.25) is 4.79 Å². The van der Waals surface area contributed by atoms with Crippen LogP contribution < -0.4 is 10.6 Å². The van der Waals surface area contributed by atoms with Crippen LogP contribution in [0.25, 0.3) is 0 Å². The lowest BCUT2D eigenvalue weighted by Gasteiger charge is -2.38. The molecule has 1 aliphatic heterocycles. The van der Waals surface area contributed by atoms with Crippen LogP contribution in [0.1, 0.15) is 12.5 Å². The maximum absolute atomic E-state index is 11.4. The summed E-state index contributed by atoms with van der Waals surface area (Å²) in [6.07, 6.45) is 3.19. The molecule has 0 saturated carbocycles. The summed E-state index contributed by atoms with van der Waals surface area (Å²) >= 11 is 0. The molecule has 0 atom stereocenters. The average Bonchev–Trinajstić information content (AvgIpc) is 2.73. The van der Waals surface area contributed by atoms with Crippen molar-refractivity contribution in [1.82, 2.24) is 10.6 Å². The summed E-state index contributed by atoms with van der Waals surface area (Å²) in [7, 11) is 0. The SMILES string of the molecule is CC1(OCC(=O)NCc2ccoc2)CNC1. The number of carbonyl (C=O) groups is 1. The van der Waals surface area contributed by atoms with Crippen LogP contribution in [0.2, 0.25) is 0 Å². The van der Waals surface area contributed by atoms with E-state index in [0.29, 0.717) is 6.54 Å². The highest BCUT2D eigenvalue weighted by atomic mass is 16.5. The Morgan fingerprint density at radius 3 is 3.06 bits per heavy atom. The van der Waals surface area contributed by atoms with E-state index in [0.717, 1.165) is 18.7 Å². The van der Waals surface area contributed by atoms with Crippen LogP contribution in [0, 0.1) is 0 Å². The van der Waals surface area contributed by atoms with Crippen molar-refractivity contribution in [2.24, 2.45) is 0 Å². The highest BCUT2D eigenvalue weighted by Crippen LogP contribution is 2.14. The van der Waals surface area contributed by atoms with Gasteiger partial charge in [0.1, 0.15) is 6.61 Å². The third-order valence-corrected chi connectivity index (χ3v) is 2.62. The van der Waals surface area contributed by atoms with Gasteiger partial charge in [-0.15, -0.1) is 0 Å². The largest absolute Gasteiger partial charge is 0.472 e. The summed E-state index contributed by atoms with van der Waals surface area (Å²) < 4.78 is 10.4. The lowest BCUT2D eigenvalue weighted by atomic mass is 10.0. The van der Waals surface area contributed by atoms with Gasteiger partial charge in [0.05, 0.1) is 18.1 Å². The van der Waals surface area contributed by atoms with E-state index < -0.39 is 0 Å². The molecule has 0 aromatic carbocycles. The first-order chi connectivity index (χ1) is 7.68. The summed E-state index contributed by atoms with van der Waals surface area (Å²) in [5.74, 6) is -0.102. The van der Waals surface area contributed by atoms with Crippen LogP contribution >= 0.6 is 0 Å². The molecular weight excluding hydrogens is 208 g/mol. The molecule has 0 aliphatic carbocycles. The second kappa shape index (κ2) is 4.67. The Kier molecular flexibility index (Phi) is 3.26. The van der Waals surface area contributed by atoms with Crippen LogP contribution in [0.15, 0.2) is 23.0 Å². The van der Waals surface area contributed by atoms with Gasteiger partial charge in [-0.25, -0.2) is 0 Å². The van der Waals surface area contributed by atoms with Crippen molar-refractivity contribution >= 4 is 5.91 Å². The zero-order valence-corrected chi connectivity index (χ0v) is 9.29. The molecule has 0 spiro atoms. The second-order valence-corrected chi connectivity index (χ2v) is 4.25. The molecule has 0 unspecified atom stereocenters. The summed E-state index contributed by atoms with van der Waals surface area (Å²) in [5, 5.41) is 5.87. The van der Waals surface area contributed by atoms with E-state index in [1.54, 1.807) is 12.5 Å². The highest BCUT2D eigenvalue weighted by Gasteiger charge is 2.32. The topological polar surface area (TPSA) is 63.5 Å². The molecule has 0 radical (unpaired) electrons. The molecule has 5 heteroatoms. The van der Waals surface area contributed by atoms with Crippen molar-refractivity contribution in [3.8, 4) is 0 Å². The molecule has 2 N–H and O–H groups in total. The van der Waals surface area contributed by atoms with Crippen molar-refractivity contribution < 1.29 is 13.9 Å². The predicted octanol–water partition coefficient (Wildman–Crippen LogP) is 0.274. The van der Waals surface area contributed by atoms with E-state index in [-0.39, 0.29) is 18.1 Å². The summed E-state index contributed by atoms with van der Waals surface area (Å²) in [4.78, 5) is 11.4. The van der Waals surface area contributed by atoms with Crippen molar-refractivity contribution in [2.75, 3.05) is 19.7 Å². The van der Waals surface area contributed by atoms with Crippen LogP contribution in [0.5, 0.6) is 0 Å². The summed E-state index contributed by atoms with van der Waals surface area (Å²) in [5.41, 5.74) is 0.775.